The molecule has 0 aliphatic heterocycles. The van der Waals surface area contributed by atoms with E-state index in [1.807, 2.05) is 0 Å². The van der Waals surface area contributed by atoms with Crippen molar-refractivity contribution in [1.29, 1.82) is 0 Å². The first kappa shape index (κ1) is 12.1. The molecule has 0 spiro atoms. The molecular formula is C15H22N2O. The molecule has 2 fully saturated rings. The summed E-state index contributed by atoms with van der Waals surface area (Å²) in [6.07, 6.45) is 13.8. The first-order valence-corrected chi connectivity index (χ1v) is 7.28. The Labute approximate surface area is 109 Å². The van der Waals surface area contributed by atoms with Crippen LogP contribution in [-0.4, -0.2) is 15.1 Å². The van der Waals surface area contributed by atoms with Gasteiger partial charge in [0, 0.05) is 12.4 Å². The highest BCUT2D eigenvalue weighted by molar-refractivity contribution is 5.02. The van der Waals surface area contributed by atoms with Crippen molar-refractivity contribution >= 4 is 0 Å². The van der Waals surface area contributed by atoms with E-state index in [4.69, 9.17) is 0 Å². The van der Waals surface area contributed by atoms with Gasteiger partial charge in [-0.15, -0.1) is 0 Å². The van der Waals surface area contributed by atoms with Crippen molar-refractivity contribution in [2.75, 3.05) is 0 Å². The quantitative estimate of drug-likeness (QED) is 0.872. The lowest BCUT2D eigenvalue weighted by atomic mass is 9.66. The van der Waals surface area contributed by atoms with E-state index < -0.39 is 6.10 Å². The molecule has 2 aliphatic rings. The van der Waals surface area contributed by atoms with E-state index in [9.17, 15) is 5.11 Å². The number of hydrogen-bond acceptors (Lipinski definition) is 3. The minimum absolute atomic E-state index is 0.390. The molecule has 4 unspecified atom stereocenters. The number of aromatic nitrogens is 2. The zero-order chi connectivity index (χ0) is 12.4. The summed E-state index contributed by atoms with van der Waals surface area (Å²) in [6.45, 7) is 0. The Kier molecular flexibility index (Phi) is 3.59. The van der Waals surface area contributed by atoms with Gasteiger partial charge < -0.3 is 5.11 Å². The topological polar surface area (TPSA) is 46.0 Å². The first-order valence-electron chi connectivity index (χ1n) is 7.28. The molecule has 18 heavy (non-hydrogen) atoms. The molecule has 0 saturated heterocycles. The summed E-state index contributed by atoms with van der Waals surface area (Å²) < 4.78 is 0. The van der Waals surface area contributed by atoms with E-state index in [1.54, 1.807) is 18.6 Å². The van der Waals surface area contributed by atoms with Crippen LogP contribution in [0.15, 0.2) is 18.6 Å². The van der Waals surface area contributed by atoms with Crippen LogP contribution in [0, 0.1) is 17.8 Å². The molecule has 3 heteroatoms. The third-order valence-electron chi connectivity index (χ3n) is 4.91. The second-order valence-electron chi connectivity index (χ2n) is 5.95. The Morgan fingerprint density at radius 2 is 1.89 bits per heavy atom. The summed E-state index contributed by atoms with van der Waals surface area (Å²) in [7, 11) is 0. The monoisotopic (exact) mass is 246 g/mol. The molecule has 3 rings (SSSR count). The third-order valence-corrected chi connectivity index (χ3v) is 4.91. The molecule has 4 atom stereocenters. The molecule has 1 heterocycles. The van der Waals surface area contributed by atoms with Crippen molar-refractivity contribution in [2.24, 2.45) is 17.8 Å². The average Bonchev–Trinajstić information content (AvgIpc) is 2.47. The van der Waals surface area contributed by atoms with Gasteiger partial charge >= 0.3 is 0 Å². The van der Waals surface area contributed by atoms with Crippen molar-refractivity contribution in [3.63, 3.8) is 0 Å². The minimum Gasteiger partial charge on any atom is -0.386 e. The Balaban J connectivity index is 1.67. The minimum atomic E-state index is -0.415. The first-order chi connectivity index (χ1) is 8.84. The van der Waals surface area contributed by atoms with E-state index in [-0.39, 0.29) is 0 Å². The molecule has 1 aromatic rings. The Morgan fingerprint density at radius 3 is 2.67 bits per heavy atom. The maximum absolute atomic E-state index is 10.4. The average molecular weight is 246 g/mol. The number of rotatable bonds is 2. The maximum atomic E-state index is 10.4. The summed E-state index contributed by atoms with van der Waals surface area (Å²) in [6, 6.07) is 0. The van der Waals surface area contributed by atoms with Crippen LogP contribution >= 0.6 is 0 Å². The zero-order valence-corrected chi connectivity index (χ0v) is 10.8. The molecule has 1 aromatic heterocycles. The van der Waals surface area contributed by atoms with Crippen LogP contribution in [0.4, 0.5) is 0 Å². The van der Waals surface area contributed by atoms with Gasteiger partial charge in [-0.1, -0.05) is 25.7 Å². The van der Waals surface area contributed by atoms with Crippen molar-refractivity contribution in [2.45, 2.75) is 51.0 Å². The summed E-state index contributed by atoms with van der Waals surface area (Å²) in [5, 5.41) is 10.4. The highest BCUT2D eigenvalue weighted by atomic mass is 16.3. The Hall–Kier alpha value is -0.960. The van der Waals surface area contributed by atoms with E-state index in [0.29, 0.717) is 5.92 Å². The van der Waals surface area contributed by atoms with Gasteiger partial charge in [-0.25, -0.2) is 0 Å². The van der Waals surface area contributed by atoms with Crippen LogP contribution in [0.3, 0.4) is 0 Å². The normalized spacial score (nSPS) is 33.7. The smallest absolute Gasteiger partial charge is 0.100 e. The van der Waals surface area contributed by atoms with E-state index in [2.05, 4.69) is 9.97 Å². The van der Waals surface area contributed by atoms with Crippen LogP contribution in [0.2, 0.25) is 0 Å². The van der Waals surface area contributed by atoms with E-state index >= 15 is 0 Å². The van der Waals surface area contributed by atoms with Gasteiger partial charge in [-0.2, -0.15) is 0 Å². The van der Waals surface area contributed by atoms with Gasteiger partial charge in [0.15, 0.2) is 0 Å². The third kappa shape index (κ3) is 2.41. The number of hydrogen-bond donors (Lipinski definition) is 1. The molecular weight excluding hydrogens is 224 g/mol. The number of aliphatic hydroxyl groups excluding tert-OH is 1. The fourth-order valence-electron chi connectivity index (χ4n) is 3.90. The van der Waals surface area contributed by atoms with E-state index in [1.165, 1.54) is 38.5 Å². The van der Waals surface area contributed by atoms with E-state index in [0.717, 1.165) is 24.0 Å². The lowest BCUT2D eigenvalue weighted by molar-refractivity contribution is 0.0324. The fourth-order valence-corrected chi connectivity index (χ4v) is 3.90. The number of fused-ring (bicyclic) bond motifs is 1. The van der Waals surface area contributed by atoms with Crippen LogP contribution in [0.25, 0.3) is 0 Å². The Morgan fingerprint density at radius 1 is 1.06 bits per heavy atom. The predicted molar refractivity (Wildman–Crippen MR) is 69.8 cm³/mol. The van der Waals surface area contributed by atoms with Crippen LogP contribution in [-0.2, 0) is 0 Å². The summed E-state index contributed by atoms with van der Waals surface area (Å²) in [4.78, 5) is 8.30. The largest absolute Gasteiger partial charge is 0.386 e. The van der Waals surface area contributed by atoms with Gasteiger partial charge in [-0.05, 0) is 37.0 Å². The van der Waals surface area contributed by atoms with Crippen molar-refractivity contribution in [3.8, 4) is 0 Å². The van der Waals surface area contributed by atoms with Crippen LogP contribution in [0.5, 0.6) is 0 Å². The lowest BCUT2D eigenvalue weighted by Crippen LogP contribution is -2.30. The van der Waals surface area contributed by atoms with Gasteiger partial charge in [0.05, 0.1) is 11.9 Å². The van der Waals surface area contributed by atoms with Crippen LogP contribution in [0.1, 0.15) is 56.7 Å². The maximum Gasteiger partial charge on any atom is 0.100 e. The second-order valence-corrected chi connectivity index (χ2v) is 5.95. The number of aliphatic hydroxyl groups is 1. The highest BCUT2D eigenvalue weighted by Crippen LogP contribution is 2.45. The summed E-state index contributed by atoms with van der Waals surface area (Å²) in [5.74, 6) is 2.17. The molecule has 0 radical (unpaired) electrons. The second kappa shape index (κ2) is 5.35. The molecule has 0 bridgehead atoms. The van der Waals surface area contributed by atoms with Gasteiger partial charge in [-0.3, -0.25) is 9.97 Å². The number of nitrogens with zero attached hydrogens (tertiary/aromatic N) is 2. The molecule has 2 aliphatic carbocycles. The fraction of sp³-hybridized carbons (Fsp3) is 0.733. The standard InChI is InChI=1S/C15H22N2O/c18-15(14-10-16-7-8-17-14)13-6-5-11-3-1-2-4-12(11)9-13/h7-8,10-13,15,18H,1-6,9H2. The summed E-state index contributed by atoms with van der Waals surface area (Å²) in [5.41, 5.74) is 0.747. The molecule has 0 aromatic carbocycles. The highest BCUT2D eigenvalue weighted by Gasteiger charge is 2.35. The van der Waals surface area contributed by atoms with Crippen molar-refractivity contribution < 1.29 is 5.11 Å². The summed E-state index contributed by atoms with van der Waals surface area (Å²) >= 11 is 0. The van der Waals surface area contributed by atoms with Gasteiger partial charge in [0.25, 0.3) is 0 Å². The molecule has 3 nitrogen and oxygen atoms in total. The molecule has 2 saturated carbocycles. The molecule has 98 valence electrons. The lowest BCUT2D eigenvalue weighted by Gasteiger charge is -2.40. The zero-order valence-electron chi connectivity index (χ0n) is 10.8. The Bertz CT molecular complexity index is 381. The van der Waals surface area contributed by atoms with Crippen molar-refractivity contribution in [1.82, 2.24) is 9.97 Å². The van der Waals surface area contributed by atoms with Gasteiger partial charge in [0.2, 0.25) is 0 Å². The molecule has 0 amide bonds. The molecule has 1 N–H and O–H groups in total. The van der Waals surface area contributed by atoms with Crippen molar-refractivity contribution in [3.05, 3.63) is 24.3 Å². The van der Waals surface area contributed by atoms with Gasteiger partial charge in [0.1, 0.15) is 6.10 Å². The van der Waals surface area contributed by atoms with Crippen LogP contribution < -0.4 is 0 Å². The predicted octanol–water partition coefficient (Wildman–Crippen LogP) is 3.12. The SMILES string of the molecule is OC(c1cnccn1)C1CCC2CCCCC2C1.